The maximum atomic E-state index is 13.1. The van der Waals surface area contributed by atoms with Gasteiger partial charge in [-0.15, -0.1) is 11.8 Å². The Hall–Kier alpha value is -0.620. The van der Waals surface area contributed by atoms with E-state index in [0.717, 1.165) is 30.3 Å². The van der Waals surface area contributed by atoms with Gasteiger partial charge in [0.1, 0.15) is 6.04 Å². The van der Waals surface area contributed by atoms with Crippen molar-refractivity contribution in [3.05, 3.63) is 11.6 Å². The molecule has 3 unspecified atom stereocenters. The number of allylic oxidation sites excluding steroid dienone is 2. The molecule has 0 aromatic rings. The standard InChI is InChI=1S/C18H28N2O2S2/c1-12(2)9-13-15(18(13,3)4)17(22)20-11-24-10-14(20)16(21)19-5-7-23-8-6-19/h9,13-15H,5-8,10-11H2,1-4H3. The lowest BCUT2D eigenvalue weighted by molar-refractivity contribution is -0.144. The number of hydrogen-bond acceptors (Lipinski definition) is 4. The minimum atomic E-state index is -0.255. The minimum absolute atomic E-state index is 0.0109. The van der Waals surface area contributed by atoms with Gasteiger partial charge in [-0.1, -0.05) is 25.5 Å². The molecule has 1 saturated carbocycles. The van der Waals surface area contributed by atoms with Crippen molar-refractivity contribution in [2.75, 3.05) is 36.2 Å². The van der Waals surface area contributed by atoms with Crippen LogP contribution in [0.3, 0.4) is 0 Å². The zero-order valence-electron chi connectivity index (χ0n) is 15.1. The van der Waals surface area contributed by atoms with Gasteiger partial charge in [-0.2, -0.15) is 11.8 Å². The molecule has 0 radical (unpaired) electrons. The molecule has 3 aliphatic rings. The Morgan fingerprint density at radius 2 is 1.75 bits per heavy atom. The summed E-state index contributed by atoms with van der Waals surface area (Å²) >= 11 is 3.61. The fourth-order valence-corrected chi connectivity index (χ4v) is 5.92. The van der Waals surface area contributed by atoms with Gasteiger partial charge in [0.15, 0.2) is 0 Å². The molecule has 134 valence electrons. The summed E-state index contributed by atoms with van der Waals surface area (Å²) < 4.78 is 0. The van der Waals surface area contributed by atoms with Crippen LogP contribution in [0, 0.1) is 17.3 Å². The van der Waals surface area contributed by atoms with E-state index in [1.54, 1.807) is 11.8 Å². The van der Waals surface area contributed by atoms with Gasteiger partial charge in [-0.25, -0.2) is 0 Å². The van der Waals surface area contributed by atoms with Crippen molar-refractivity contribution in [1.82, 2.24) is 9.80 Å². The smallest absolute Gasteiger partial charge is 0.246 e. The van der Waals surface area contributed by atoms with Crippen LogP contribution in [0.5, 0.6) is 0 Å². The lowest BCUT2D eigenvalue weighted by Crippen LogP contribution is -2.51. The Kier molecular flexibility index (Phi) is 5.26. The summed E-state index contributed by atoms with van der Waals surface area (Å²) in [6.07, 6.45) is 2.23. The monoisotopic (exact) mass is 368 g/mol. The number of nitrogens with zero attached hydrogens (tertiary/aromatic N) is 2. The second-order valence-corrected chi connectivity index (χ2v) is 10.1. The van der Waals surface area contributed by atoms with Gasteiger partial charge in [0.25, 0.3) is 0 Å². The maximum Gasteiger partial charge on any atom is 0.246 e. The van der Waals surface area contributed by atoms with Crippen LogP contribution in [0.1, 0.15) is 27.7 Å². The van der Waals surface area contributed by atoms with E-state index in [2.05, 4.69) is 33.8 Å². The summed E-state index contributed by atoms with van der Waals surface area (Å²) in [5.74, 6) is 4.10. The van der Waals surface area contributed by atoms with Gasteiger partial charge in [0.05, 0.1) is 11.8 Å². The molecule has 0 aromatic heterocycles. The topological polar surface area (TPSA) is 40.6 Å². The highest BCUT2D eigenvalue weighted by atomic mass is 32.2. The number of amides is 2. The Labute approximate surface area is 153 Å². The van der Waals surface area contributed by atoms with Crippen LogP contribution in [0.15, 0.2) is 11.6 Å². The number of hydrogen-bond donors (Lipinski definition) is 0. The summed E-state index contributed by atoms with van der Waals surface area (Å²) in [4.78, 5) is 29.8. The number of carbonyl (C=O) groups is 2. The molecule has 6 heteroatoms. The van der Waals surface area contributed by atoms with E-state index in [1.807, 2.05) is 21.6 Å². The Morgan fingerprint density at radius 3 is 2.38 bits per heavy atom. The minimum Gasteiger partial charge on any atom is -0.339 e. The van der Waals surface area contributed by atoms with Crippen molar-refractivity contribution in [3.63, 3.8) is 0 Å². The third kappa shape index (κ3) is 3.36. The molecule has 4 nitrogen and oxygen atoms in total. The van der Waals surface area contributed by atoms with Crippen molar-refractivity contribution in [1.29, 1.82) is 0 Å². The van der Waals surface area contributed by atoms with Gasteiger partial charge < -0.3 is 9.80 Å². The molecule has 2 saturated heterocycles. The molecular formula is C18H28N2O2S2. The van der Waals surface area contributed by atoms with Crippen LogP contribution in [0.4, 0.5) is 0 Å². The van der Waals surface area contributed by atoms with Crippen LogP contribution in [0.25, 0.3) is 0 Å². The van der Waals surface area contributed by atoms with Crippen molar-refractivity contribution < 1.29 is 9.59 Å². The predicted octanol–water partition coefficient (Wildman–Crippen LogP) is 2.70. The molecule has 0 bridgehead atoms. The molecule has 0 spiro atoms. The second kappa shape index (κ2) is 6.94. The third-order valence-electron chi connectivity index (χ3n) is 5.46. The third-order valence-corrected chi connectivity index (χ3v) is 7.42. The average Bonchev–Trinajstić information content (AvgIpc) is 2.92. The molecule has 2 amide bonds. The van der Waals surface area contributed by atoms with Crippen LogP contribution in [0.2, 0.25) is 0 Å². The first-order valence-electron chi connectivity index (χ1n) is 8.74. The zero-order chi connectivity index (χ0) is 17.5. The summed E-state index contributed by atoms with van der Waals surface area (Å²) in [5.41, 5.74) is 1.27. The number of thioether (sulfide) groups is 2. The van der Waals surface area contributed by atoms with Gasteiger partial charge in [-0.3, -0.25) is 9.59 Å². The van der Waals surface area contributed by atoms with E-state index >= 15 is 0 Å². The largest absolute Gasteiger partial charge is 0.339 e. The molecule has 2 aliphatic heterocycles. The van der Waals surface area contributed by atoms with E-state index in [-0.39, 0.29) is 29.2 Å². The van der Waals surface area contributed by atoms with Gasteiger partial charge in [0.2, 0.25) is 11.8 Å². The fraction of sp³-hybridized carbons (Fsp3) is 0.778. The molecular weight excluding hydrogens is 340 g/mol. The summed E-state index contributed by atoms with van der Waals surface area (Å²) in [6, 6.07) is -0.255. The normalized spacial score (nSPS) is 31.8. The average molecular weight is 369 g/mol. The van der Waals surface area contributed by atoms with Crippen molar-refractivity contribution in [3.8, 4) is 0 Å². The molecule has 0 aromatic carbocycles. The van der Waals surface area contributed by atoms with Gasteiger partial charge in [0, 0.05) is 30.3 Å². The van der Waals surface area contributed by atoms with E-state index in [4.69, 9.17) is 0 Å². The Balaban J connectivity index is 1.70. The SMILES string of the molecule is CC(C)=CC1C(C(=O)N2CSCC2C(=O)N2CCSCC2)C1(C)C. The molecule has 3 rings (SSSR count). The fourth-order valence-electron chi connectivity index (χ4n) is 3.86. The van der Waals surface area contributed by atoms with E-state index in [9.17, 15) is 9.59 Å². The number of rotatable bonds is 3. The first-order chi connectivity index (χ1) is 11.3. The second-order valence-electron chi connectivity index (χ2n) is 7.83. The van der Waals surface area contributed by atoms with E-state index < -0.39 is 0 Å². The lowest BCUT2D eigenvalue weighted by Gasteiger charge is -2.32. The molecule has 2 heterocycles. The maximum absolute atomic E-state index is 13.1. The van der Waals surface area contributed by atoms with E-state index in [1.165, 1.54) is 5.57 Å². The van der Waals surface area contributed by atoms with Crippen molar-refractivity contribution in [2.24, 2.45) is 17.3 Å². The van der Waals surface area contributed by atoms with Crippen molar-refractivity contribution >= 4 is 35.3 Å². The molecule has 0 N–H and O–H groups in total. The summed E-state index contributed by atoms with van der Waals surface area (Å²) in [5, 5.41) is 0. The van der Waals surface area contributed by atoms with E-state index in [0.29, 0.717) is 11.8 Å². The summed E-state index contributed by atoms with van der Waals surface area (Å²) in [6.45, 7) is 10.2. The summed E-state index contributed by atoms with van der Waals surface area (Å²) in [7, 11) is 0. The predicted molar refractivity (Wildman–Crippen MR) is 102 cm³/mol. The molecule has 3 atom stereocenters. The highest BCUT2D eigenvalue weighted by molar-refractivity contribution is 7.99. The van der Waals surface area contributed by atoms with Crippen molar-refractivity contribution in [2.45, 2.75) is 33.7 Å². The van der Waals surface area contributed by atoms with Crippen LogP contribution >= 0.6 is 23.5 Å². The zero-order valence-corrected chi connectivity index (χ0v) is 16.7. The van der Waals surface area contributed by atoms with Gasteiger partial charge >= 0.3 is 0 Å². The molecule has 24 heavy (non-hydrogen) atoms. The number of carbonyl (C=O) groups excluding carboxylic acids is 2. The Morgan fingerprint density at radius 1 is 1.08 bits per heavy atom. The van der Waals surface area contributed by atoms with Gasteiger partial charge in [-0.05, 0) is 25.2 Å². The quantitative estimate of drug-likeness (QED) is 0.718. The van der Waals surface area contributed by atoms with Crippen LogP contribution in [-0.4, -0.2) is 63.9 Å². The molecule has 3 fully saturated rings. The Bertz CT molecular complexity index is 551. The first kappa shape index (κ1) is 18.2. The molecule has 1 aliphatic carbocycles. The van der Waals surface area contributed by atoms with Crippen LogP contribution in [-0.2, 0) is 9.59 Å². The van der Waals surface area contributed by atoms with Crippen LogP contribution < -0.4 is 0 Å². The highest BCUT2D eigenvalue weighted by Gasteiger charge is 2.62. The highest BCUT2D eigenvalue weighted by Crippen LogP contribution is 2.60. The first-order valence-corrected chi connectivity index (χ1v) is 11.0. The lowest BCUT2D eigenvalue weighted by atomic mass is 10.1.